The molecule has 0 unspecified atom stereocenters. The Labute approximate surface area is 135 Å². The molecule has 3 rings (SSSR count). The Balaban J connectivity index is 1.87. The monoisotopic (exact) mass is 306 g/mol. The molecule has 0 N–H and O–H groups in total. The van der Waals surface area contributed by atoms with E-state index in [1.807, 2.05) is 36.4 Å². The van der Waals surface area contributed by atoms with E-state index in [1.54, 1.807) is 0 Å². The van der Waals surface area contributed by atoms with Gasteiger partial charge < -0.3 is 4.74 Å². The Morgan fingerprint density at radius 2 is 1.87 bits per heavy atom. The highest BCUT2D eigenvalue weighted by molar-refractivity contribution is 5.81. The van der Waals surface area contributed by atoms with Crippen LogP contribution in [0.25, 0.3) is 16.7 Å². The van der Waals surface area contributed by atoms with E-state index in [4.69, 9.17) is 9.72 Å². The van der Waals surface area contributed by atoms with Crippen LogP contribution in [0, 0.1) is 0 Å². The number of benzene rings is 2. The number of carbonyl (C=O) groups is 1. The molecule has 4 heteroatoms. The van der Waals surface area contributed by atoms with E-state index in [0.29, 0.717) is 6.61 Å². The molecule has 1 aromatic heterocycles. The minimum Gasteiger partial charge on any atom is -0.463 e. The molecule has 0 fully saturated rings. The molecule has 1 heterocycles. The second kappa shape index (κ2) is 6.92. The molecule has 0 bridgehead atoms. The first-order valence-corrected chi connectivity index (χ1v) is 7.60. The first kappa shape index (κ1) is 15.0. The van der Waals surface area contributed by atoms with Crippen LogP contribution in [0.5, 0.6) is 0 Å². The lowest BCUT2D eigenvalue weighted by Gasteiger charge is -2.09. The van der Waals surface area contributed by atoms with Crippen LogP contribution in [0.2, 0.25) is 0 Å². The molecule has 0 saturated heterocycles. The predicted molar refractivity (Wildman–Crippen MR) is 90.5 cm³/mol. The third-order valence-corrected chi connectivity index (χ3v) is 3.60. The highest BCUT2D eigenvalue weighted by Crippen LogP contribution is 2.22. The zero-order chi connectivity index (χ0) is 16.1. The van der Waals surface area contributed by atoms with Gasteiger partial charge in [-0.2, -0.15) is 0 Å². The highest BCUT2D eigenvalue weighted by Gasteiger charge is 2.11. The van der Waals surface area contributed by atoms with E-state index >= 15 is 0 Å². The number of aryl methyl sites for hydroxylation is 1. The van der Waals surface area contributed by atoms with Crippen LogP contribution >= 0.6 is 0 Å². The van der Waals surface area contributed by atoms with Crippen LogP contribution in [-0.2, 0) is 16.0 Å². The molecule has 0 aliphatic rings. The van der Waals surface area contributed by atoms with Crippen LogP contribution in [-0.4, -0.2) is 22.1 Å². The van der Waals surface area contributed by atoms with E-state index in [9.17, 15) is 4.79 Å². The molecule has 0 amide bonds. The molecular formula is C19H18N2O2. The molecule has 0 spiro atoms. The Bertz CT molecular complexity index is 822. The minimum atomic E-state index is -0.387. The minimum absolute atomic E-state index is 0.364. The number of esters is 1. The number of ether oxygens (including phenoxy) is 1. The molecule has 0 aliphatic carbocycles. The van der Waals surface area contributed by atoms with Gasteiger partial charge in [0.15, 0.2) is 0 Å². The molecule has 4 nitrogen and oxygen atoms in total. The molecule has 0 aliphatic heterocycles. The van der Waals surface area contributed by atoms with Gasteiger partial charge in [-0.05, 0) is 30.7 Å². The van der Waals surface area contributed by atoms with Gasteiger partial charge in [0.25, 0.3) is 0 Å². The van der Waals surface area contributed by atoms with Gasteiger partial charge in [-0.15, -0.1) is 0 Å². The number of para-hydroxylation sites is 3. The van der Waals surface area contributed by atoms with Gasteiger partial charge >= 0.3 is 5.97 Å². The zero-order valence-corrected chi connectivity index (χ0v) is 12.8. The van der Waals surface area contributed by atoms with Gasteiger partial charge in [0.2, 0.25) is 0 Å². The van der Waals surface area contributed by atoms with Gasteiger partial charge in [-0.3, -0.25) is 4.57 Å². The van der Waals surface area contributed by atoms with Gasteiger partial charge in [-0.25, -0.2) is 9.78 Å². The molecule has 0 atom stereocenters. The standard InChI is InChI=1S/C19H18N2O2/c1-2-19(22)23-14-8-13-18-20-16-11-6-7-12-17(16)21(18)15-9-4-3-5-10-15/h2-7,9-12H,1,8,13-14H2. The summed E-state index contributed by atoms with van der Waals surface area (Å²) in [5.41, 5.74) is 3.13. The maximum atomic E-state index is 11.1. The van der Waals surface area contributed by atoms with Crippen molar-refractivity contribution in [3.63, 3.8) is 0 Å². The average Bonchev–Trinajstić information content (AvgIpc) is 2.97. The summed E-state index contributed by atoms with van der Waals surface area (Å²) in [6.45, 7) is 3.75. The fourth-order valence-corrected chi connectivity index (χ4v) is 2.57. The zero-order valence-electron chi connectivity index (χ0n) is 12.8. The summed E-state index contributed by atoms with van der Waals surface area (Å²) in [5, 5.41) is 0. The molecule has 116 valence electrons. The van der Waals surface area contributed by atoms with Crippen LogP contribution in [0.15, 0.2) is 67.3 Å². The summed E-state index contributed by atoms with van der Waals surface area (Å²) in [7, 11) is 0. The Kier molecular flexibility index (Phi) is 4.52. The molecule has 0 saturated carbocycles. The summed E-state index contributed by atoms with van der Waals surface area (Å²) in [4.78, 5) is 15.8. The topological polar surface area (TPSA) is 44.1 Å². The summed E-state index contributed by atoms with van der Waals surface area (Å²) in [5.74, 6) is 0.577. The summed E-state index contributed by atoms with van der Waals surface area (Å²) in [6.07, 6.45) is 2.63. The number of rotatable bonds is 6. The quantitative estimate of drug-likeness (QED) is 0.396. The number of nitrogens with zero attached hydrogens (tertiary/aromatic N) is 2. The fourth-order valence-electron chi connectivity index (χ4n) is 2.57. The summed E-state index contributed by atoms with van der Waals surface area (Å²) >= 11 is 0. The van der Waals surface area contributed by atoms with Crippen molar-refractivity contribution in [2.75, 3.05) is 6.61 Å². The Hall–Kier alpha value is -2.88. The van der Waals surface area contributed by atoms with Crippen LogP contribution in [0.1, 0.15) is 12.2 Å². The highest BCUT2D eigenvalue weighted by atomic mass is 16.5. The Morgan fingerprint density at radius 3 is 2.65 bits per heavy atom. The molecule has 23 heavy (non-hydrogen) atoms. The van der Waals surface area contributed by atoms with Gasteiger partial charge in [0.1, 0.15) is 5.82 Å². The largest absolute Gasteiger partial charge is 0.463 e. The third kappa shape index (κ3) is 3.31. The number of fused-ring (bicyclic) bond motifs is 1. The first-order chi connectivity index (χ1) is 11.3. The van der Waals surface area contributed by atoms with Crippen LogP contribution in [0.3, 0.4) is 0 Å². The third-order valence-electron chi connectivity index (χ3n) is 3.60. The average molecular weight is 306 g/mol. The Morgan fingerprint density at radius 1 is 1.13 bits per heavy atom. The lowest BCUT2D eigenvalue weighted by Crippen LogP contribution is -2.06. The normalized spacial score (nSPS) is 10.6. The predicted octanol–water partition coefficient (Wildman–Crippen LogP) is 3.69. The lowest BCUT2D eigenvalue weighted by atomic mass is 10.2. The first-order valence-electron chi connectivity index (χ1n) is 7.60. The fraction of sp³-hybridized carbons (Fsp3) is 0.158. The van der Waals surface area contributed by atoms with Gasteiger partial charge in [0.05, 0.1) is 17.6 Å². The molecule has 3 aromatic rings. The van der Waals surface area contributed by atoms with E-state index < -0.39 is 0 Å². The van der Waals surface area contributed by atoms with E-state index in [2.05, 4.69) is 29.3 Å². The second-order valence-electron chi connectivity index (χ2n) is 5.16. The number of carbonyl (C=O) groups excluding carboxylic acids is 1. The van der Waals surface area contributed by atoms with E-state index in [0.717, 1.165) is 35.4 Å². The van der Waals surface area contributed by atoms with Gasteiger partial charge in [-0.1, -0.05) is 36.9 Å². The maximum absolute atomic E-state index is 11.1. The van der Waals surface area contributed by atoms with Crippen molar-refractivity contribution >= 4 is 17.0 Å². The van der Waals surface area contributed by atoms with Crippen molar-refractivity contribution in [3.05, 3.63) is 73.1 Å². The molecular weight excluding hydrogens is 288 g/mol. The van der Waals surface area contributed by atoms with Crippen LogP contribution < -0.4 is 0 Å². The lowest BCUT2D eigenvalue weighted by molar-refractivity contribution is -0.137. The van der Waals surface area contributed by atoms with Crippen molar-refractivity contribution < 1.29 is 9.53 Å². The number of aromatic nitrogens is 2. The van der Waals surface area contributed by atoms with E-state index in [1.165, 1.54) is 6.08 Å². The van der Waals surface area contributed by atoms with Crippen LogP contribution in [0.4, 0.5) is 0 Å². The van der Waals surface area contributed by atoms with Crippen molar-refractivity contribution in [1.29, 1.82) is 0 Å². The summed E-state index contributed by atoms with van der Waals surface area (Å²) in [6, 6.07) is 18.2. The van der Waals surface area contributed by atoms with Crippen molar-refractivity contribution in [2.45, 2.75) is 12.8 Å². The van der Waals surface area contributed by atoms with Crippen molar-refractivity contribution in [1.82, 2.24) is 9.55 Å². The SMILES string of the molecule is C=CC(=O)OCCCc1nc2ccccc2n1-c1ccccc1. The smallest absolute Gasteiger partial charge is 0.330 e. The number of hydrogen-bond acceptors (Lipinski definition) is 3. The number of hydrogen-bond donors (Lipinski definition) is 0. The number of imidazole rings is 1. The van der Waals surface area contributed by atoms with Crippen molar-refractivity contribution in [3.8, 4) is 5.69 Å². The van der Waals surface area contributed by atoms with E-state index in [-0.39, 0.29) is 5.97 Å². The second-order valence-corrected chi connectivity index (χ2v) is 5.16. The van der Waals surface area contributed by atoms with Gasteiger partial charge in [0, 0.05) is 18.2 Å². The summed E-state index contributed by atoms with van der Waals surface area (Å²) < 4.78 is 7.20. The van der Waals surface area contributed by atoms with Crippen molar-refractivity contribution in [2.24, 2.45) is 0 Å². The molecule has 2 aromatic carbocycles. The molecule has 0 radical (unpaired) electrons. The maximum Gasteiger partial charge on any atom is 0.330 e.